The fourth-order valence-corrected chi connectivity index (χ4v) is 5.39. The van der Waals surface area contributed by atoms with E-state index in [0.717, 1.165) is 11.8 Å². The summed E-state index contributed by atoms with van der Waals surface area (Å²) < 4.78 is 4.83. The summed E-state index contributed by atoms with van der Waals surface area (Å²) in [4.78, 5) is 46.4. The van der Waals surface area contributed by atoms with E-state index in [2.05, 4.69) is 10.3 Å². The van der Waals surface area contributed by atoms with Gasteiger partial charge in [0.15, 0.2) is 4.32 Å². The van der Waals surface area contributed by atoms with Crippen LogP contribution in [-0.2, 0) is 11.8 Å². The highest BCUT2D eigenvalue weighted by Gasteiger charge is 2.38. The van der Waals surface area contributed by atoms with Crippen molar-refractivity contribution >= 4 is 57.4 Å². The number of anilines is 2. The molecular weight excluding hydrogens is 496 g/mol. The Morgan fingerprint density at radius 2 is 1.78 bits per heavy atom. The van der Waals surface area contributed by atoms with E-state index in [1.807, 2.05) is 37.3 Å². The van der Waals surface area contributed by atoms with E-state index >= 15 is 0 Å². The number of hydrogen-bond donors (Lipinski definition) is 1. The molecule has 1 N–H and O–H groups in total. The van der Waals surface area contributed by atoms with Crippen molar-refractivity contribution in [2.75, 3.05) is 16.8 Å². The summed E-state index contributed by atoms with van der Waals surface area (Å²) in [6.45, 7) is 4.20. The summed E-state index contributed by atoms with van der Waals surface area (Å²) in [5, 5.41) is 3.11. The molecule has 0 bridgehead atoms. The second-order valence-corrected chi connectivity index (χ2v) is 9.74. The summed E-state index contributed by atoms with van der Waals surface area (Å²) in [5.74, 6) is -0.0858. The van der Waals surface area contributed by atoms with Crippen LogP contribution >= 0.6 is 24.0 Å². The smallest absolute Gasteiger partial charge is 0.296 e. The Kier molecular flexibility index (Phi) is 6.10. The second-order valence-electron chi connectivity index (χ2n) is 8.07. The lowest BCUT2D eigenvalue weighted by Crippen LogP contribution is -2.33. The van der Waals surface area contributed by atoms with Crippen molar-refractivity contribution in [3.05, 3.63) is 91.6 Å². The molecule has 0 atom stereocenters. The molecule has 1 fully saturated rings. The van der Waals surface area contributed by atoms with Gasteiger partial charge in [-0.1, -0.05) is 48.2 Å². The van der Waals surface area contributed by atoms with Gasteiger partial charge in [0.05, 0.1) is 21.8 Å². The van der Waals surface area contributed by atoms with E-state index in [1.54, 1.807) is 43.0 Å². The van der Waals surface area contributed by atoms with Crippen LogP contribution in [0.1, 0.15) is 18.2 Å². The van der Waals surface area contributed by atoms with Gasteiger partial charge in [-0.25, -0.2) is 9.67 Å². The van der Waals surface area contributed by atoms with Crippen LogP contribution in [0.4, 0.5) is 11.5 Å². The molecule has 1 saturated heterocycles. The number of rotatable bonds is 5. The van der Waals surface area contributed by atoms with Crippen LogP contribution in [0.3, 0.4) is 0 Å². The van der Waals surface area contributed by atoms with Crippen LogP contribution in [0.25, 0.3) is 17.4 Å². The molecule has 1 aromatic carbocycles. The number of benzene rings is 1. The highest BCUT2D eigenvalue weighted by atomic mass is 32.2. The van der Waals surface area contributed by atoms with E-state index in [-0.39, 0.29) is 31.6 Å². The van der Waals surface area contributed by atoms with Gasteiger partial charge in [0.2, 0.25) is 0 Å². The number of aromatic nitrogens is 4. The predicted molar refractivity (Wildman–Crippen MR) is 147 cm³/mol. The highest BCUT2D eigenvalue weighted by molar-refractivity contribution is 8.27. The Hall–Kier alpha value is -3.96. The number of pyridine rings is 1. The lowest BCUT2D eigenvalue weighted by molar-refractivity contribution is -0.113. The van der Waals surface area contributed by atoms with Crippen molar-refractivity contribution in [2.45, 2.75) is 13.8 Å². The van der Waals surface area contributed by atoms with E-state index < -0.39 is 5.91 Å². The monoisotopic (exact) mass is 518 g/mol. The molecule has 11 heteroatoms. The van der Waals surface area contributed by atoms with E-state index in [9.17, 15) is 14.4 Å². The van der Waals surface area contributed by atoms with Crippen LogP contribution in [0.15, 0.2) is 69.2 Å². The molecule has 4 aromatic rings. The molecule has 36 heavy (non-hydrogen) atoms. The Bertz CT molecular complexity index is 1680. The average Bonchev–Trinajstić information content (AvgIpc) is 3.26. The zero-order chi connectivity index (χ0) is 25.6. The minimum absolute atomic E-state index is 0.188. The van der Waals surface area contributed by atoms with Crippen molar-refractivity contribution in [3.63, 3.8) is 0 Å². The Balaban J connectivity index is 1.62. The molecule has 1 amide bonds. The molecule has 9 nitrogen and oxygen atoms in total. The number of nitrogens with one attached hydrogen (secondary N) is 1. The van der Waals surface area contributed by atoms with Gasteiger partial charge in [-0.15, -0.1) is 0 Å². The van der Waals surface area contributed by atoms with Crippen LogP contribution in [0.5, 0.6) is 0 Å². The molecule has 0 radical (unpaired) electrons. The van der Waals surface area contributed by atoms with Gasteiger partial charge in [-0.3, -0.25) is 28.4 Å². The quantitative estimate of drug-likeness (QED) is 0.320. The third-order valence-electron chi connectivity index (χ3n) is 5.93. The number of carbonyl (C=O) groups is 1. The Morgan fingerprint density at radius 3 is 2.50 bits per heavy atom. The Labute approximate surface area is 215 Å². The maximum atomic E-state index is 13.6. The standard InChI is InChI=1S/C25H22N6O3S2/c1-4-26-21-17(22(32)29-13-9-8-12-19(29)27-21)14-18-23(33)30(25(35)36-18)20-15(2)28(3)31(24(20)34)16-10-6-5-7-11-16/h5-14,26H,4H2,1-3H3. The number of carbonyl (C=O) groups excluding carboxylic acids is 1. The fraction of sp³-hybridized carbons (Fsp3) is 0.160. The molecule has 0 saturated carbocycles. The van der Waals surface area contributed by atoms with Gasteiger partial charge in [-0.05, 0) is 44.2 Å². The second kappa shape index (κ2) is 9.25. The van der Waals surface area contributed by atoms with Crippen molar-refractivity contribution in [1.82, 2.24) is 18.7 Å². The maximum absolute atomic E-state index is 13.6. The largest absolute Gasteiger partial charge is 0.370 e. The fourth-order valence-electron chi connectivity index (χ4n) is 4.14. The summed E-state index contributed by atoms with van der Waals surface area (Å²) in [6, 6.07) is 14.4. The van der Waals surface area contributed by atoms with Gasteiger partial charge < -0.3 is 5.32 Å². The molecule has 0 spiro atoms. The van der Waals surface area contributed by atoms with Crippen molar-refractivity contribution in [2.24, 2.45) is 7.05 Å². The summed E-state index contributed by atoms with van der Waals surface area (Å²) in [7, 11) is 1.76. The number of nitrogens with zero attached hydrogens (tertiary/aromatic N) is 5. The molecule has 3 aromatic heterocycles. The van der Waals surface area contributed by atoms with Crippen LogP contribution in [-0.4, -0.2) is 35.5 Å². The van der Waals surface area contributed by atoms with Crippen molar-refractivity contribution in [1.29, 1.82) is 0 Å². The first-order chi connectivity index (χ1) is 17.3. The lowest BCUT2D eigenvalue weighted by Gasteiger charge is -2.12. The minimum Gasteiger partial charge on any atom is -0.370 e. The van der Waals surface area contributed by atoms with Gasteiger partial charge in [0.25, 0.3) is 17.0 Å². The normalized spacial score (nSPS) is 14.9. The molecule has 5 rings (SSSR count). The van der Waals surface area contributed by atoms with Crippen LogP contribution < -0.4 is 21.3 Å². The van der Waals surface area contributed by atoms with E-state index in [4.69, 9.17) is 12.2 Å². The Morgan fingerprint density at radius 1 is 1.06 bits per heavy atom. The van der Waals surface area contributed by atoms with E-state index in [1.165, 1.54) is 20.1 Å². The lowest BCUT2D eigenvalue weighted by atomic mass is 10.2. The summed E-state index contributed by atoms with van der Waals surface area (Å²) in [5.41, 5.74) is 1.50. The summed E-state index contributed by atoms with van der Waals surface area (Å²) >= 11 is 6.58. The molecular formula is C25H22N6O3S2. The predicted octanol–water partition coefficient (Wildman–Crippen LogP) is 3.33. The number of para-hydroxylation sites is 1. The number of thioether (sulfide) groups is 1. The minimum atomic E-state index is -0.462. The average molecular weight is 519 g/mol. The van der Waals surface area contributed by atoms with Gasteiger partial charge in [0.1, 0.15) is 17.2 Å². The van der Waals surface area contributed by atoms with Crippen LogP contribution in [0, 0.1) is 6.92 Å². The molecule has 1 aliphatic rings. The third kappa shape index (κ3) is 3.76. The van der Waals surface area contributed by atoms with E-state index in [0.29, 0.717) is 29.4 Å². The molecule has 0 aliphatic carbocycles. The van der Waals surface area contributed by atoms with Crippen LogP contribution in [0.2, 0.25) is 0 Å². The van der Waals surface area contributed by atoms with Gasteiger partial charge in [-0.2, -0.15) is 0 Å². The highest BCUT2D eigenvalue weighted by Crippen LogP contribution is 2.36. The number of amides is 1. The first-order valence-corrected chi connectivity index (χ1v) is 12.4. The number of hydrogen-bond acceptors (Lipinski definition) is 7. The van der Waals surface area contributed by atoms with Crippen molar-refractivity contribution in [3.8, 4) is 5.69 Å². The molecule has 1 aliphatic heterocycles. The zero-order valence-electron chi connectivity index (χ0n) is 19.8. The maximum Gasteiger partial charge on any atom is 0.296 e. The molecule has 4 heterocycles. The third-order valence-corrected chi connectivity index (χ3v) is 7.23. The zero-order valence-corrected chi connectivity index (χ0v) is 21.4. The first kappa shape index (κ1) is 23.8. The van der Waals surface area contributed by atoms with Gasteiger partial charge in [0, 0.05) is 19.8 Å². The van der Waals surface area contributed by atoms with Gasteiger partial charge >= 0.3 is 0 Å². The molecule has 0 unspecified atom stereocenters. The number of thiocarbonyl (C=S) groups is 1. The van der Waals surface area contributed by atoms with Crippen molar-refractivity contribution < 1.29 is 4.79 Å². The first-order valence-electron chi connectivity index (χ1n) is 11.2. The topological polar surface area (TPSA) is 93.6 Å². The summed E-state index contributed by atoms with van der Waals surface area (Å²) in [6.07, 6.45) is 3.13. The SMILES string of the molecule is CCNc1nc2ccccn2c(=O)c1C=C1SC(=S)N(c2c(C)n(C)n(-c3ccccc3)c2=O)C1=O. The number of fused-ring (bicyclic) bond motifs is 1. The molecule has 182 valence electrons.